The minimum atomic E-state index is -0.227. The zero-order chi connectivity index (χ0) is 12.3. The third-order valence-electron chi connectivity index (χ3n) is 3.53. The molecule has 0 aromatic heterocycles. The molecule has 1 aliphatic heterocycles. The fourth-order valence-corrected chi connectivity index (χ4v) is 2.21. The van der Waals surface area contributed by atoms with Gasteiger partial charge in [-0.3, -0.25) is 4.79 Å². The Morgan fingerprint density at radius 1 is 1.35 bits per heavy atom. The number of hydrogen-bond donors (Lipinski definition) is 2. The summed E-state index contributed by atoms with van der Waals surface area (Å²) in [6, 6.07) is 7.94. The summed E-state index contributed by atoms with van der Waals surface area (Å²) in [6.07, 6.45) is 1.81. The summed E-state index contributed by atoms with van der Waals surface area (Å²) in [5.41, 5.74) is 1.84. The van der Waals surface area contributed by atoms with Crippen LogP contribution in [0.2, 0.25) is 0 Å². The van der Waals surface area contributed by atoms with Crippen LogP contribution in [0.5, 0.6) is 0 Å². The van der Waals surface area contributed by atoms with Crippen molar-refractivity contribution in [3.05, 3.63) is 29.8 Å². The first-order valence-corrected chi connectivity index (χ1v) is 6.19. The molecular weight excluding hydrogens is 212 g/mol. The zero-order valence-electron chi connectivity index (χ0n) is 10.5. The Kier molecular flexibility index (Phi) is 3.48. The van der Waals surface area contributed by atoms with E-state index in [1.54, 1.807) is 0 Å². The summed E-state index contributed by atoms with van der Waals surface area (Å²) in [5, 5.41) is 6.31. The van der Waals surface area contributed by atoms with Gasteiger partial charge in [-0.25, -0.2) is 0 Å². The highest BCUT2D eigenvalue weighted by Gasteiger charge is 2.34. The highest BCUT2D eigenvalue weighted by atomic mass is 16.2. The van der Waals surface area contributed by atoms with E-state index in [2.05, 4.69) is 17.6 Å². The van der Waals surface area contributed by atoms with Crippen LogP contribution < -0.4 is 10.6 Å². The third kappa shape index (κ3) is 2.86. The van der Waals surface area contributed by atoms with Crippen LogP contribution in [-0.2, 0) is 4.79 Å². The molecule has 0 saturated carbocycles. The Morgan fingerprint density at radius 2 is 2.06 bits per heavy atom. The molecule has 1 amide bonds. The van der Waals surface area contributed by atoms with E-state index in [1.807, 2.05) is 31.2 Å². The SMILES string of the molecule is Cc1cccc(NC(=O)C2(C)CCNCC2)c1. The van der Waals surface area contributed by atoms with E-state index >= 15 is 0 Å². The Bertz CT molecular complexity index is 408. The van der Waals surface area contributed by atoms with Crippen LogP contribution in [0.15, 0.2) is 24.3 Å². The molecule has 3 heteroatoms. The van der Waals surface area contributed by atoms with E-state index in [9.17, 15) is 4.79 Å². The molecular formula is C14H20N2O. The number of amides is 1. The highest BCUT2D eigenvalue weighted by Crippen LogP contribution is 2.29. The largest absolute Gasteiger partial charge is 0.326 e. The molecule has 0 radical (unpaired) electrons. The normalized spacial score (nSPS) is 18.7. The van der Waals surface area contributed by atoms with Gasteiger partial charge in [0.2, 0.25) is 5.91 Å². The smallest absolute Gasteiger partial charge is 0.230 e. The molecule has 2 rings (SSSR count). The van der Waals surface area contributed by atoms with Crippen molar-refractivity contribution in [2.24, 2.45) is 5.41 Å². The maximum atomic E-state index is 12.3. The predicted octanol–water partition coefficient (Wildman–Crippen LogP) is 2.32. The molecule has 1 aromatic rings. The van der Waals surface area contributed by atoms with Gasteiger partial charge in [0.05, 0.1) is 0 Å². The number of hydrogen-bond acceptors (Lipinski definition) is 2. The fraction of sp³-hybridized carbons (Fsp3) is 0.500. The molecule has 0 bridgehead atoms. The van der Waals surface area contributed by atoms with Gasteiger partial charge in [0.1, 0.15) is 0 Å². The second-order valence-electron chi connectivity index (χ2n) is 5.13. The summed E-state index contributed by atoms with van der Waals surface area (Å²) in [4.78, 5) is 12.3. The van der Waals surface area contributed by atoms with Crippen molar-refractivity contribution in [2.45, 2.75) is 26.7 Å². The van der Waals surface area contributed by atoms with Crippen molar-refractivity contribution in [3.63, 3.8) is 0 Å². The zero-order valence-corrected chi connectivity index (χ0v) is 10.5. The Labute approximate surface area is 103 Å². The van der Waals surface area contributed by atoms with Crippen molar-refractivity contribution in [1.82, 2.24) is 5.32 Å². The van der Waals surface area contributed by atoms with E-state index in [4.69, 9.17) is 0 Å². The van der Waals surface area contributed by atoms with E-state index in [1.165, 1.54) is 5.56 Å². The number of nitrogens with one attached hydrogen (secondary N) is 2. The van der Waals surface area contributed by atoms with Crippen molar-refractivity contribution in [2.75, 3.05) is 18.4 Å². The molecule has 1 fully saturated rings. The summed E-state index contributed by atoms with van der Waals surface area (Å²) >= 11 is 0. The first-order chi connectivity index (χ1) is 8.10. The van der Waals surface area contributed by atoms with Crippen LogP contribution in [0.1, 0.15) is 25.3 Å². The molecule has 0 unspecified atom stereocenters. The Balaban J connectivity index is 2.05. The van der Waals surface area contributed by atoms with Gasteiger partial charge in [0.25, 0.3) is 0 Å². The maximum Gasteiger partial charge on any atom is 0.230 e. The number of carbonyl (C=O) groups is 1. The average Bonchev–Trinajstić information content (AvgIpc) is 2.30. The van der Waals surface area contributed by atoms with E-state index in [0.717, 1.165) is 31.6 Å². The molecule has 92 valence electrons. The Hall–Kier alpha value is -1.35. The molecule has 17 heavy (non-hydrogen) atoms. The highest BCUT2D eigenvalue weighted by molar-refractivity contribution is 5.95. The fourth-order valence-electron chi connectivity index (χ4n) is 2.21. The summed E-state index contributed by atoms with van der Waals surface area (Å²) in [7, 11) is 0. The minimum absolute atomic E-state index is 0.143. The van der Waals surface area contributed by atoms with Crippen LogP contribution in [0.4, 0.5) is 5.69 Å². The topological polar surface area (TPSA) is 41.1 Å². The van der Waals surface area contributed by atoms with Crippen LogP contribution in [0.25, 0.3) is 0 Å². The maximum absolute atomic E-state index is 12.3. The standard InChI is InChI=1S/C14H20N2O/c1-11-4-3-5-12(10-11)16-13(17)14(2)6-8-15-9-7-14/h3-5,10,15H,6-9H2,1-2H3,(H,16,17). The average molecular weight is 232 g/mol. The monoisotopic (exact) mass is 232 g/mol. The van der Waals surface area contributed by atoms with Gasteiger partial charge in [-0.15, -0.1) is 0 Å². The summed E-state index contributed by atoms with van der Waals surface area (Å²) < 4.78 is 0. The summed E-state index contributed by atoms with van der Waals surface area (Å²) in [6.45, 7) is 5.94. The minimum Gasteiger partial charge on any atom is -0.326 e. The molecule has 1 heterocycles. The second-order valence-corrected chi connectivity index (χ2v) is 5.13. The molecule has 0 aliphatic carbocycles. The Morgan fingerprint density at radius 3 is 2.71 bits per heavy atom. The summed E-state index contributed by atoms with van der Waals surface area (Å²) in [5.74, 6) is 0.143. The van der Waals surface area contributed by atoms with E-state index < -0.39 is 0 Å². The lowest BCUT2D eigenvalue weighted by atomic mass is 9.80. The number of rotatable bonds is 2. The van der Waals surface area contributed by atoms with Crippen molar-refractivity contribution < 1.29 is 4.79 Å². The lowest BCUT2D eigenvalue weighted by Gasteiger charge is -2.32. The van der Waals surface area contributed by atoms with Crippen molar-refractivity contribution in [3.8, 4) is 0 Å². The van der Waals surface area contributed by atoms with Crippen LogP contribution in [0.3, 0.4) is 0 Å². The molecule has 1 saturated heterocycles. The van der Waals surface area contributed by atoms with Gasteiger partial charge in [0, 0.05) is 11.1 Å². The first kappa shape index (κ1) is 12.1. The van der Waals surface area contributed by atoms with Crippen LogP contribution in [-0.4, -0.2) is 19.0 Å². The lowest BCUT2D eigenvalue weighted by Crippen LogP contribution is -2.42. The lowest BCUT2D eigenvalue weighted by molar-refractivity contribution is -0.126. The van der Waals surface area contributed by atoms with Gasteiger partial charge in [-0.1, -0.05) is 19.1 Å². The number of carbonyl (C=O) groups excluding carboxylic acids is 1. The van der Waals surface area contributed by atoms with Crippen molar-refractivity contribution >= 4 is 11.6 Å². The molecule has 0 atom stereocenters. The van der Waals surface area contributed by atoms with Gasteiger partial charge in [0.15, 0.2) is 0 Å². The van der Waals surface area contributed by atoms with Crippen LogP contribution >= 0.6 is 0 Å². The van der Waals surface area contributed by atoms with Gasteiger partial charge < -0.3 is 10.6 Å². The first-order valence-electron chi connectivity index (χ1n) is 6.19. The molecule has 3 nitrogen and oxygen atoms in total. The number of benzene rings is 1. The molecule has 2 N–H and O–H groups in total. The number of aryl methyl sites for hydroxylation is 1. The predicted molar refractivity (Wildman–Crippen MR) is 70.0 cm³/mol. The molecule has 1 aliphatic rings. The van der Waals surface area contributed by atoms with Gasteiger partial charge in [-0.2, -0.15) is 0 Å². The number of piperidine rings is 1. The third-order valence-corrected chi connectivity index (χ3v) is 3.53. The van der Waals surface area contributed by atoms with E-state index in [0.29, 0.717) is 0 Å². The van der Waals surface area contributed by atoms with E-state index in [-0.39, 0.29) is 11.3 Å². The van der Waals surface area contributed by atoms with Gasteiger partial charge in [-0.05, 0) is 50.6 Å². The number of anilines is 1. The van der Waals surface area contributed by atoms with Crippen LogP contribution in [0, 0.1) is 12.3 Å². The molecule has 1 aromatic carbocycles. The second kappa shape index (κ2) is 4.88. The molecule has 0 spiro atoms. The van der Waals surface area contributed by atoms with Gasteiger partial charge >= 0.3 is 0 Å². The quantitative estimate of drug-likeness (QED) is 0.821. The van der Waals surface area contributed by atoms with Crippen molar-refractivity contribution in [1.29, 1.82) is 0 Å².